The van der Waals surface area contributed by atoms with Crippen LogP contribution in [0.3, 0.4) is 0 Å². The Hall–Kier alpha value is -2.91. The van der Waals surface area contributed by atoms with Crippen LogP contribution in [-0.4, -0.2) is 83.3 Å². The fourth-order valence-electron chi connectivity index (χ4n) is 3.91. The van der Waals surface area contributed by atoms with Gasteiger partial charge in [0.1, 0.15) is 0 Å². The van der Waals surface area contributed by atoms with Gasteiger partial charge in [0.15, 0.2) is 0 Å². The summed E-state index contributed by atoms with van der Waals surface area (Å²) in [5.74, 6) is -0.649. The van der Waals surface area contributed by atoms with Gasteiger partial charge in [-0.2, -0.15) is 0 Å². The van der Waals surface area contributed by atoms with E-state index >= 15 is 0 Å². The summed E-state index contributed by atoms with van der Waals surface area (Å²) in [6.07, 6.45) is -0.596. The number of piperazine rings is 1. The highest BCUT2D eigenvalue weighted by Gasteiger charge is 2.25. The number of nitrogens with zero attached hydrogens (tertiary/aromatic N) is 4. The fraction of sp³-hybridized carbons (Fsp3) is 0.476. The SMILES string of the molecule is Cc1ccc(N2CCOCC2)c(CN2CCN(C(=O)On3c(O)ccc3O)CC2)c1. The van der Waals surface area contributed by atoms with Crippen molar-refractivity contribution in [1.29, 1.82) is 0 Å². The molecule has 162 valence electrons. The maximum absolute atomic E-state index is 12.4. The topological polar surface area (TPSA) is 90.6 Å². The van der Waals surface area contributed by atoms with Crippen molar-refractivity contribution in [3.63, 3.8) is 0 Å². The number of hydrogen-bond donors (Lipinski definition) is 2. The highest BCUT2D eigenvalue weighted by molar-refractivity contribution is 5.68. The molecule has 4 rings (SSSR count). The lowest BCUT2D eigenvalue weighted by Gasteiger charge is -2.36. The lowest BCUT2D eigenvalue weighted by atomic mass is 10.1. The van der Waals surface area contributed by atoms with Crippen LogP contribution < -0.4 is 9.74 Å². The van der Waals surface area contributed by atoms with E-state index in [1.165, 1.54) is 28.9 Å². The van der Waals surface area contributed by atoms with Crippen molar-refractivity contribution in [3.05, 3.63) is 41.5 Å². The van der Waals surface area contributed by atoms with E-state index in [0.717, 1.165) is 50.7 Å². The summed E-state index contributed by atoms with van der Waals surface area (Å²) in [5, 5.41) is 19.3. The zero-order valence-corrected chi connectivity index (χ0v) is 17.2. The van der Waals surface area contributed by atoms with Gasteiger partial charge in [0.2, 0.25) is 11.8 Å². The average Bonchev–Trinajstić information content (AvgIpc) is 3.07. The molecular formula is C21H28N4O5. The lowest BCUT2D eigenvalue weighted by Crippen LogP contribution is -2.50. The molecule has 0 radical (unpaired) electrons. The molecule has 2 fully saturated rings. The molecule has 1 aromatic carbocycles. The Morgan fingerprint density at radius 2 is 1.67 bits per heavy atom. The van der Waals surface area contributed by atoms with Crippen molar-refractivity contribution in [1.82, 2.24) is 14.5 Å². The molecule has 0 saturated carbocycles. The van der Waals surface area contributed by atoms with Crippen LogP contribution in [0.25, 0.3) is 0 Å². The lowest BCUT2D eigenvalue weighted by molar-refractivity contribution is 0.0555. The Morgan fingerprint density at radius 1 is 1.00 bits per heavy atom. The summed E-state index contributed by atoms with van der Waals surface area (Å²) >= 11 is 0. The third-order valence-corrected chi connectivity index (χ3v) is 5.58. The van der Waals surface area contributed by atoms with E-state index in [0.29, 0.717) is 13.1 Å². The van der Waals surface area contributed by atoms with Crippen LogP contribution in [0.5, 0.6) is 11.8 Å². The van der Waals surface area contributed by atoms with Crippen LogP contribution in [-0.2, 0) is 11.3 Å². The van der Waals surface area contributed by atoms with Crippen molar-refractivity contribution in [2.45, 2.75) is 13.5 Å². The largest absolute Gasteiger partial charge is 0.492 e. The van der Waals surface area contributed by atoms with Crippen molar-refractivity contribution in [2.75, 3.05) is 57.4 Å². The molecule has 2 aromatic rings. The van der Waals surface area contributed by atoms with Gasteiger partial charge in [-0.1, -0.05) is 17.7 Å². The molecule has 0 aliphatic carbocycles. The zero-order valence-electron chi connectivity index (χ0n) is 17.2. The monoisotopic (exact) mass is 416 g/mol. The number of aromatic nitrogens is 1. The van der Waals surface area contributed by atoms with E-state index in [2.05, 4.69) is 34.9 Å². The molecule has 1 aromatic heterocycles. The maximum Gasteiger partial charge on any atom is 0.434 e. The second-order valence-electron chi connectivity index (χ2n) is 7.70. The second-order valence-corrected chi connectivity index (χ2v) is 7.70. The van der Waals surface area contributed by atoms with Gasteiger partial charge in [-0.3, -0.25) is 4.90 Å². The first-order chi connectivity index (χ1) is 14.5. The number of aromatic hydroxyl groups is 2. The molecule has 9 nitrogen and oxygen atoms in total. The number of aryl methyl sites for hydroxylation is 1. The number of hydrogen-bond acceptors (Lipinski definition) is 7. The van der Waals surface area contributed by atoms with Gasteiger partial charge in [-0.25, -0.2) is 4.79 Å². The highest BCUT2D eigenvalue weighted by atomic mass is 16.7. The molecule has 9 heteroatoms. The molecule has 0 spiro atoms. The van der Waals surface area contributed by atoms with Gasteiger partial charge in [0, 0.05) is 63.6 Å². The minimum atomic E-state index is -0.596. The van der Waals surface area contributed by atoms with E-state index in [9.17, 15) is 15.0 Å². The summed E-state index contributed by atoms with van der Waals surface area (Å²) in [7, 11) is 0. The molecule has 2 aliphatic rings. The quantitative estimate of drug-likeness (QED) is 0.779. The molecule has 3 heterocycles. The van der Waals surface area contributed by atoms with Crippen molar-refractivity contribution in [3.8, 4) is 11.8 Å². The molecular weight excluding hydrogens is 388 g/mol. The number of anilines is 1. The molecule has 2 N–H and O–H groups in total. The first-order valence-electron chi connectivity index (χ1n) is 10.2. The van der Waals surface area contributed by atoms with Crippen LogP contribution >= 0.6 is 0 Å². The molecule has 30 heavy (non-hydrogen) atoms. The predicted octanol–water partition coefficient (Wildman–Crippen LogP) is 1.41. The fourth-order valence-corrected chi connectivity index (χ4v) is 3.91. The standard InChI is InChI=1S/C21H28N4O5/c1-16-2-3-18(23-10-12-29-13-11-23)17(14-16)15-22-6-8-24(9-7-22)21(28)30-25-19(26)4-5-20(25)27/h2-5,14,26-27H,6-13,15H2,1H3. The van der Waals surface area contributed by atoms with Crippen LogP contribution in [0.1, 0.15) is 11.1 Å². The van der Waals surface area contributed by atoms with E-state index in [1.807, 2.05) is 0 Å². The number of ether oxygens (including phenoxy) is 1. The minimum absolute atomic E-state index is 0.324. The Labute approximate surface area is 175 Å². The highest BCUT2D eigenvalue weighted by Crippen LogP contribution is 2.25. The summed E-state index contributed by atoms with van der Waals surface area (Å²) in [6.45, 7) is 8.68. The molecule has 2 saturated heterocycles. The van der Waals surface area contributed by atoms with E-state index in [1.54, 1.807) is 4.90 Å². The van der Waals surface area contributed by atoms with E-state index in [-0.39, 0.29) is 11.8 Å². The van der Waals surface area contributed by atoms with Crippen molar-refractivity contribution < 1.29 is 24.6 Å². The number of carbonyl (C=O) groups excluding carboxylic acids is 1. The summed E-state index contributed by atoms with van der Waals surface area (Å²) in [5.41, 5.74) is 3.77. The number of carbonyl (C=O) groups is 1. The third-order valence-electron chi connectivity index (χ3n) is 5.58. The Morgan fingerprint density at radius 3 is 2.33 bits per heavy atom. The van der Waals surface area contributed by atoms with Crippen molar-refractivity contribution >= 4 is 11.8 Å². The maximum atomic E-state index is 12.4. The Balaban J connectivity index is 1.36. The zero-order chi connectivity index (χ0) is 21.1. The molecule has 0 unspecified atom stereocenters. The third kappa shape index (κ3) is 4.47. The molecule has 0 atom stereocenters. The molecule has 0 bridgehead atoms. The number of amides is 1. The van der Waals surface area contributed by atoms with Gasteiger partial charge < -0.3 is 29.6 Å². The first kappa shape index (κ1) is 20.4. The van der Waals surface area contributed by atoms with Gasteiger partial charge in [0.25, 0.3) is 0 Å². The summed E-state index contributed by atoms with van der Waals surface area (Å²) < 4.78 is 6.21. The van der Waals surface area contributed by atoms with Crippen LogP contribution in [0.2, 0.25) is 0 Å². The molecule has 2 aliphatic heterocycles. The van der Waals surface area contributed by atoms with Crippen LogP contribution in [0.4, 0.5) is 10.5 Å². The second kappa shape index (κ2) is 8.85. The van der Waals surface area contributed by atoms with Crippen molar-refractivity contribution in [2.24, 2.45) is 0 Å². The minimum Gasteiger partial charge on any atom is -0.492 e. The van der Waals surface area contributed by atoms with Gasteiger partial charge in [-0.05, 0) is 18.6 Å². The van der Waals surface area contributed by atoms with E-state index < -0.39 is 6.09 Å². The average molecular weight is 416 g/mol. The summed E-state index contributed by atoms with van der Waals surface area (Å²) in [4.78, 5) is 23.7. The number of morpholine rings is 1. The normalized spacial score (nSPS) is 17.9. The number of rotatable bonds is 4. The van der Waals surface area contributed by atoms with E-state index in [4.69, 9.17) is 9.57 Å². The van der Waals surface area contributed by atoms with Crippen LogP contribution in [0.15, 0.2) is 30.3 Å². The first-order valence-corrected chi connectivity index (χ1v) is 10.2. The van der Waals surface area contributed by atoms with Gasteiger partial charge in [0.05, 0.1) is 13.2 Å². The van der Waals surface area contributed by atoms with Gasteiger partial charge >= 0.3 is 6.09 Å². The molecule has 1 amide bonds. The summed E-state index contributed by atoms with van der Waals surface area (Å²) in [6, 6.07) is 9.10. The number of benzene rings is 1. The Kier molecular flexibility index (Phi) is 6.01. The Bertz CT molecular complexity index is 866. The van der Waals surface area contributed by atoms with Gasteiger partial charge in [-0.15, -0.1) is 4.73 Å². The predicted molar refractivity (Wildman–Crippen MR) is 111 cm³/mol. The van der Waals surface area contributed by atoms with Crippen LogP contribution in [0, 0.1) is 6.92 Å². The smallest absolute Gasteiger partial charge is 0.434 e.